The molecule has 2 rings (SSSR count). The first kappa shape index (κ1) is 27.9. The van der Waals surface area contributed by atoms with Crippen molar-refractivity contribution in [3.63, 3.8) is 0 Å². The van der Waals surface area contributed by atoms with Gasteiger partial charge in [-0.15, -0.1) is 0 Å². The lowest BCUT2D eigenvalue weighted by molar-refractivity contribution is -0.141. The largest absolute Gasteiger partial charge is 0.480 e. The van der Waals surface area contributed by atoms with E-state index in [0.29, 0.717) is 17.8 Å². The van der Waals surface area contributed by atoms with Crippen molar-refractivity contribution in [2.45, 2.75) is 57.3 Å². The fraction of sp³-hybridized carbons (Fsp3) is 0.524. The summed E-state index contributed by atoms with van der Waals surface area (Å²) < 4.78 is 0. The first-order valence-corrected chi connectivity index (χ1v) is 11.7. The van der Waals surface area contributed by atoms with Crippen LogP contribution in [-0.2, 0) is 32.0 Å². The summed E-state index contributed by atoms with van der Waals surface area (Å²) in [6.45, 7) is 3.77. The van der Waals surface area contributed by atoms with Crippen molar-refractivity contribution in [3.05, 3.63) is 36.4 Å². The van der Waals surface area contributed by atoms with Gasteiger partial charge in [-0.1, -0.05) is 13.8 Å². The summed E-state index contributed by atoms with van der Waals surface area (Å²) in [6, 6.07) is -4.25. The summed E-state index contributed by atoms with van der Waals surface area (Å²) >= 11 is 3.95. The molecule has 0 aliphatic heterocycles. The number of amides is 3. The Kier molecular flexibility index (Phi) is 10.7. The highest BCUT2D eigenvalue weighted by Crippen LogP contribution is 2.08. The van der Waals surface area contributed by atoms with Crippen LogP contribution >= 0.6 is 12.6 Å². The SMILES string of the molecule is CC(C)CC(NC(=O)C(N)Cc1cnc[nH]1)C(=O)NC(Cc1cnc[nH]1)C(=O)NC(CS)C(=O)O. The van der Waals surface area contributed by atoms with Crippen molar-refractivity contribution in [2.24, 2.45) is 11.7 Å². The van der Waals surface area contributed by atoms with E-state index in [9.17, 15) is 24.3 Å². The highest BCUT2D eigenvalue weighted by atomic mass is 32.1. The molecule has 35 heavy (non-hydrogen) atoms. The number of hydrogen-bond donors (Lipinski definition) is 8. The summed E-state index contributed by atoms with van der Waals surface area (Å²) in [5.74, 6) is -3.19. The molecule has 0 fully saturated rings. The highest BCUT2D eigenvalue weighted by Gasteiger charge is 2.31. The second kappa shape index (κ2) is 13.5. The van der Waals surface area contributed by atoms with Gasteiger partial charge in [0.15, 0.2) is 0 Å². The molecule has 4 unspecified atom stereocenters. The van der Waals surface area contributed by atoms with E-state index in [-0.39, 0.29) is 24.5 Å². The van der Waals surface area contributed by atoms with Gasteiger partial charge in [0.2, 0.25) is 17.7 Å². The molecule has 13 nitrogen and oxygen atoms in total. The molecule has 0 spiro atoms. The van der Waals surface area contributed by atoms with Crippen LogP contribution in [-0.4, -0.2) is 78.7 Å². The number of H-pyrrole nitrogens is 2. The number of imidazole rings is 2. The minimum Gasteiger partial charge on any atom is -0.480 e. The molecule has 0 saturated carbocycles. The van der Waals surface area contributed by atoms with Gasteiger partial charge >= 0.3 is 5.97 Å². The maximum Gasteiger partial charge on any atom is 0.327 e. The minimum atomic E-state index is -1.25. The molecule has 0 bridgehead atoms. The van der Waals surface area contributed by atoms with E-state index in [4.69, 9.17) is 5.73 Å². The number of carboxylic acid groups (broad SMARTS) is 1. The maximum absolute atomic E-state index is 13.2. The molecule has 0 aliphatic carbocycles. The molecular weight excluding hydrogens is 476 g/mol. The fourth-order valence-corrected chi connectivity index (χ4v) is 3.51. The molecular formula is C21H32N8O5S. The Bertz CT molecular complexity index is 967. The lowest BCUT2D eigenvalue weighted by atomic mass is 10.0. The Balaban J connectivity index is 2.13. The van der Waals surface area contributed by atoms with Crippen LogP contribution in [0.15, 0.2) is 25.0 Å². The number of aromatic amines is 2. The highest BCUT2D eigenvalue weighted by molar-refractivity contribution is 7.80. The summed E-state index contributed by atoms with van der Waals surface area (Å²) in [4.78, 5) is 63.5. The van der Waals surface area contributed by atoms with Gasteiger partial charge in [-0.05, 0) is 12.3 Å². The molecule has 0 saturated heterocycles. The second-order valence-corrected chi connectivity index (χ2v) is 8.87. The number of carbonyl (C=O) groups is 4. The van der Waals surface area contributed by atoms with E-state index in [1.165, 1.54) is 18.9 Å². The smallest absolute Gasteiger partial charge is 0.327 e. The van der Waals surface area contributed by atoms with Crippen molar-refractivity contribution in [1.29, 1.82) is 0 Å². The molecule has 0 radical (unpaired) electrons. The number of thiol groups is 1. The second-order valence-electron chi connectivity index (χ2n) is 8.50. The van der Waals surface area contributed by atoms with Gasteiger partial charge in [-0.2, -0.15) is 12.6 Å². The van der Waals surface area contributed by atoms with Crippen molar-refractivity contribution in [2.75, 3.05) is 5.75 Å². The van der Waals surface area contributed by atoms with Crippen molar-refractivity contribution in [3.8, 4) is 0 Å². The van der Waals surface area contributed by atoms with Crippen molar-refractivity contribution < 1.29 is 24.3 Å². The zero-order chi connectivity index (χ0) is 26.0. The maximum atomic E-state index is 13.2. The molecule has 0 aliphatic rings. The van der Waals surface area contributed by atoms with Gasteiger partial charge < -0.3 is 36.8 Å². The third-order valence-electron chi connectivity index (χ3n) is 5.08. The average Bonchev–Trinajstić information content (AvgIpc) is 3.50. The molecule has 2 aromatic rings. The molecule has 2 aromatic heterocycles. The van der Waals surface area contributed by atoms with E-state index in [1.807, 2.05) is 13.8 Å². The Hall–Kier alpha value is -3.39. The van der Waals surface area contributed by atoms with Gasteiger partial charge in [0.1, 0.15) is 18.1 Å². The zero-order valence-electron chi connectivity index (χ0n) is 19.5. The van der Waals surface area contributed by atoms with Crippen molar-refractivity contribution in [1.82, 2.24) is 35.9 Å². The van der Waals surface area contributed by atoms with Crippen LogP contribution in [0.4, 0.5) is 0 Å². The summed E-state index contributed by atoms with van der Waals surface area (Å²) in [6.07, 6.45) is 6.46. The van der Waals surface area contributed by atoms with Crippen LogP contribution in [0, 0.1) is 5.92 Å². The quantitative estimate of drug-likeness (QED) is 0.144. The van der Waals surface area contributed by atoms with Gasteiger partial charge in [0.05, 0.1) is 18.7 Å². The normalized spacial score (nSPS) is 14.5. The third-order valence-corrected chi connectivity index (χ3v) is 5.45. The number of carboxylic acids is 1. The Morgan fingerprint density at radius 2 is 1.43 bits per heavy atom. The first-order chi connectivity index (χ1) is 16.6. The molecule has 8 N–H and O–H groups in total. The van der Waals surface area contributed by atoms with Crippen LogP contribution in [0.2, 0.25) is 0 Å². The lowest BCUT2D eigenvalue weighted by Gasteiger charge is -2.25. The number of nitrogens with two attached hydrogens (primary N) is 1. The van der Waals surface area contributed by atoms with E-state index in [1.54, 1.807) is 6.20 Å². The first-order valence-electron chi connectivity index (χ1n) is 11.1. The number of aromatic nitrogens is 4. The molecule has 2 heterocycles. The number of nitrogens with zero attached hydrogens (tertiary/aromatic N) is 2. The molecule has 0 aromatic carbocycles. The monoisotopic (exact) mass is 508 g/mol. The predicted molar refractivity (Wildman–Crippen MR) is 129 cm³/mol. The Morgan fingerprint density at radius 1 is 0.914 bits per heavy atom. The van der Waals surface area contributed by atoms with Crippen LogP contribution in [0.3, 0.4) is 0 Å². The lowest BCUT2D eigenvalue weighted by Crippen LogP contribution is -2.58. The Morgan fingerprint density at radius 3 is 1.91 bits per heavy atom. The van der Waals surface area contributed by atoms with Crippen LogP contribution < -0.4 is 21.7 Å². The van der Waals surface area contributed by atoms with Crippen LogP contribution in [0.1, 0.15) is 31.7 Å². The summed E-state index contributed by atoms with van der Waals surface area (Å²) in [7, 11) is 0. The number of hydrogen-bond acceptors (Lipinski definition) is 8. The molecule has 4 atom stereocenters. The van der Waals surface area contributed by atoms with E-state index < -0.39 is 47.9 Å². The van der Waals surface area contributed by atoms with E-state index in [2.05, 4.69) is 48.5 Å². The number of aliphatic carboxylic acids is 1. The fourth-order valence-electron chi connectivity index (χ4n) is 3.26. The number of nitrogens with one attached hydrogen (secondary N) is 5. The molecule has 3 amide bonds. The minimum absolute atomic E-state index is 0.0260. The summed E-state index contributed by atoms with van der Waals surface area (Å²) in [5, 5.41) is 16.9. The van der Waals surface area contributed by atoms with Gasteiger partial charge in [-0.25, -0.2) is 14.8 Å². The van der Waals surface area contributed by atoms with E-state index >= 15 is 0 Å². The standard InChI is InChI=1S/C21H32N8O5S/c1-11(2)3-15(27-18(30)14(22)4-12-6-23-9-25-12)19(31)28-16(5-13-7-24-10-26-13)20(32)29-17(8-35)21(33)34/h6-7,9-11,14-17,35H,3-5,8,22H2,1-2H3,(H,23,25)(H,24,26)(H,27,30)(H,28,31)(H,29,32)(H,33,34). The average molecular weight is 509 g/mol. The number of rotatable bonds is 14. The molecule has 192 valence electrons. The molecule has 14 heteroatoms. The number of carbonyl (C=O) groups excluding carboxylic acids is 3. The van der Waals surface area contributed by atoms with Gasteiger partial charge in [0, 0.05) is 42.4 Å². The predicted octanol–water partition coefficient (Wildman–Crippen LogP) is -1.24. The van der Waals surface area contributed by atoms with Crippen LogP contribution in [0.25, 0.3) is 0 Å². The third kappa shape index (κ3) is 9.05. The van der Waals surface area contributed by atoms with Crippen LogP contribution in [0.5, 0.6) is 0 Å². The van der Waals surface area contributed by atoms with E-state index in [0.717, 1.165) is 0 Å². The zero-order valence-corrected chi connectivity index (χ0v) is 20.4. The summed E-state index contributed by atoms with van der Waals surface area (Å²) in [5.41, 5.74) is 7.22. The Labute approximate surface area is 207 Å². The van der Waals surface area contributed by atoms with Gasteiger partial charge in [-0.3, -0.25) is 14.4 Å². The topological polar surface area (TPSA) is 208 Å². The van der Waals surface area contributed by atoms with Gasteiger partial charge in [0.25, 0.3) is 0 Å². The van der Waals surface area contributed by atoms with Crippen molar-refractivity contribution >= 4 is 36.3 Å².